The molecule has 0 amide bonds. The van der Waals surface area contributed by atoms with Gasteiger partial charge in [0.05, 0.1) is 28.9 Å². The summed E-state index contributed by atoms with van der Waals surface area (Å²) in [5.41, 5.74) is -1.80. The van der Waals surface area contributed by atoms with E-state index in [9.17, 15) is 31.1 Å². The number of alkyl halides is 3. The van der Waals surface area contributed by atoms with Gasteiger partial charge in [0.1, 0.15) is 5.69 Å². The highest BCUT2D eigenvalue weighted by atomic mass is 32.2. The molecule has 172 valence electrons. The van der Waals surface area contributed by atoms with Crippen molar-refractivity contribution in [1.82, 2.24) is 19.3 Å². The van der Waals surface area contributed by atoms with Crippen molar-refractivity contribution in [1.29, 1.82) is 0 Å². The summed E-state index contributed by atoms with van der Waals surface area (Å²) < 4.78 is 79.4. The second-order valence-corrected chi connectivity index (χ2v) is 10.3. The number of aliphatic hydroxyl groups is 1. The van der Waals surface area contributed by atoms with Crippen molar-refractivity contribution in [2.24, 2.45) is 0 Å². The highest BCUT2D eigenvalue weighted by Gasteiger charge is 2.39. The number of hydrogen-bond acceptors (Lipinski definition) is 8. The van der Waals surface area contributed by atoms with Gasteiger partial charge in [0.25, 0.3) is 0 Å². The molecule has 0 saturated carbocycles. The van der Waals surface area contributed by atoms with Crippen molar-refractivity contribution >= 4 is 27.3 Å². The Kier molecular flexibility index (Phi) is 6.84. The van der Waals surface area contributed by atoms with E-state index in [4.69, 9.17) is 0 Å². The third kappa shape index (κ3) is 5.48. The van der Waals surface area contributed by atoms with Gasteiger partial charge in [-0.15, -0.1) is 11.3 Å². The number of thiazole rings is 1. The van der Waals surface area contributed by atoms with Gasteiger partial charge in [-0.1, -0.05) is 6.92 Å². The number of aliphatic hydroxyl groups excluding tert-OH is 1. The number of hydrogen-bond donors (Lipinski definition) is 2. The van der Waals surface area contributed by atoms with Gasteiger partial charge in [-0.2, -0.15) is 13.2 Å². The number of anilines is 1. The smallest absolute Gasteiger partial charge is 0.396 e. The lowest BCUT2D eigenvalue weighted by molar-refractivity contribution is -0.140. The lowest BCUT2D eigenvalue weighted by atomic mass is 10.1. The molecule has 0 radical (unpaired) electrons. The van der Waals surface area contributed by atoms with Crippen LogP contribution in [0.3, 0.4) is 0 Å². The molecule has 0 spiro atoms. The van der Waals surface area contributed by atoms with Gasteiger partial charge in [-0.05, 0) is 12.8 Å². The zero-order valence-corrected chi connectivity index (χ0v) is 18.3. The van der Waals surface area contributed by atoms with Gasteiger partial charge in [0.15, 0.2) is 11.5 Å². The number of aromatic nitrogens is 3. The summed E-state index contributed by atoms with van der Waals surface area (Å²) in [6.07, 6.45) is -2.05. The van der Waals surface area contributed by atoms with Gasteiger partial charge >= 0.3 is 6.18 Å². The number of nitrogens with zero attached hydrogens (tertiary/aromatic N) is 4. The molecule has 2 aromatic heterocycles. The van der Waals surface area contributed by atoms with Crippen molar-refractivity contribution in [3.05, 3.63) is 22.7 Å². The van der Waals surface area contributed by atoms with E-state index in [2.05, 4.69) is 20.3 Å². The van der Waals surface area contributed by atoms with E-state index in [0.29, 0.717) is 24.2 Å². The maximum Gasteiger partial charge on any atom is 0.434 e. The Morgan fingerprint density at radius 2 is 1.97 bits per heavy atom. The molecule has 2 N–H and O–H groups in total. The first-order chi connectivity index (χ1) is 14.4. The van der Waals surface area contributed by atoms with E-state index in [0.717, 1.165) is 12.5 Å². The standard InChI is InChI=1S/C17H21F4N5O3S2/c1-9(8-27)15-25-14(17(19,20)21)13(30-15)12-11(18)7-22-16(24-12)23-10-3-5-26(6-4-10)31(2,28)29/h7,9-10,27H,3-6,8H2,1-2H3,(H,22,23,24). The third-order valence-electron chi connectivity index (χ3n) is 4.82. The lowest BCUT2D eigenvalue weighted by Crippen LogP contribution is -2.42. The molecule has 1 saturated heterocycles. The minimum Gasteiger partial charge on any atom is -0.396 e. The van der Waals surface area contributed by atoms with Crippen LogP contribution in [0.5, 0.6) is 0 Å². The van der Waals surface area contributed by atoms with Crippen LogP contribution in [0.1, 0.15) is 36.4 Å². The predicted molar refractivity (Wildman–Crippen MR) is 107 cm³/mol. The van der Waals surface area contributed by atoms with Crippen LogP contribution >= 0.6 is 11.3 Å². The summed E-state index contributed by atoms with van der Waals surface area (Å²) in [5.74, 6) is -1.75. The van der Waals surface area contributed by atoms with Gasteiger partial charge in [-0.3, -0.25) is 0 Å². The summed E-state index contributed by atoms with van der Waals surface area (Å²) in [7, 11) is -3.30. The first-order valence-electron chi connectivity index (χ1n) is 9.33. The van der Waals surface area contributed by atoms with Crippen LogP contribution in [0.25, 0.3) is 10.6 Å². The molecule has 1 aliphatic heterocycles. The second kappa shape index (κ2) is 8.92. The largest absolute Gasteiger partial charge is 0.434 e. The Labute approximate surface area is 180 Å². The Balaban J connectivity index is 1.88. The molecular weight excluding hydrogens is 462 g/mol. The molecule has 2 aromatic rings. The predicted octanol–water partition coefficient (Wildman–Crippen LogP) is 2.69. The van der Waals surface area contributed by atoms with Crippen molar-refractivity contribution in [2.45, 2.75) is 37.9 Å². The van der Waals surface area contributed by atoms with Crippen molar-refractivity contribution in [3.63, 3.8) is 0 Å². The van der Waals surface area contributed by atoms with Crippen LogP contribution in [-0.2, 0) is 16.2 Å². The van der Waals surface area contributed by atoms with Crippen molar-refractivity contribution in [2.75, 3.05) is 31.3 Å². The summed E-state index contributed by atoms with van der Waals surface area (Å²) >= 11 is 0.622. The Hall–Kier alpha value is -1.90. The Morgan fingerprint density at radius 1 is 1.32 bits per heavy atom. The fourth-order valence-corrected chi connectivity index (χ4v) is 5.08. The first-order valence-corrected chi connectivity index (χ1v) is 12.0. The number of rotatable bonds is 6. The highest BCUT2D eigenvalue weighted by molar-refractivity contribution is 7.88. The van der Waals surface area contributed by atoms with E-state index < -0.39 is 50.8 Å². The molecule has 0 aliphatic carbocycles. The molecular formula is C17H21F4N5O3S2. The second-order valence-electron chi connectivity index (χ2n) is 7.28. The molecule has 3 heterocycles. The molecule has 1 fully saturated rings. The zero-order chi connectivity index (χ0) is 23.0. The quantitative estimate of drug-likeness (QED) is 0.608. The minimum atomic E-state index is -4.83. The number of nitrogens with one attached hydrogen (secondary N) is 1. The van der Waals surface area contributed by atoms with Crippen molar-refractivity contribution in [3.8, 4) is 10.6 Å². The summed E-state index contributed by atoms with van der Waals surface area (Å²) in [4.78, 5) is 10.8. The molecule has 0 bridgehead atoms. The number of sulfonamides is 1. The molecule has 3 rings (SSSR count). The fraction of sp³-hybridized carbons (Fsp3) is 0.588. The maximum atomic E-state index is 14.4. The van der Waals surface area contributed by atoms with Gasteiger partial charge < -0.3 is 10.4 Å². The van der Waals surface area contributed by atoms with E-state index in [-0.39, 0.29) is 30.1 Å². The molecule has 8 nitrogen and oxygen atoms in total. The van der Waals surface area contributed by atoms with Crippen LogP contribution < -0.4 is 5.32 Å². The molecule has 1 atom stereocenters. The van der Waals surface area contributed by atoms with E-state index >= 15 is 0 Å². The van der Waals surface area contributed by atoms with Crippen LogP contribution in [0, 0.1) is 5.82 Å². The summed E-state index contributed by atoms with van der Waals surface area (Å²) in [6.45, 7) is 1.66. The maximum absolute atomic E-state index is 14.4. The Bertz CT molecular complexity index is 1040. The van der Waals surface area contributed by atoms with Crippen LogP contribution in [0.15, 0.2) is 6.20 Å². The average molecular weight is 484 g/mol. The topological polar surface area (TPSA) is 108 Å². The highest BCUT2D eigenvalue weighted by Crippen LogP contribution is 2.42. The lowest BCUT2D eigenvalue weighted by Gasteiger charge is -2.30. The van der Waals surface area contributed by atoms with E-state index in [1.54, 1.807) is 0 Å². The number of halogens is 4. The van der Waals surface area contributed by atoms with Crippen LogP contribution in [0.4, 0.5) is 23.5 Å². The molecule has 1 aliphatic rings. The molecule has 31 heavy (non-hydrogen) atoms. The average Bonchev–Trinajstić information content (AvgIpc) is 3.14. The first kappa shape index (κ1) is 23.8. The van der Waals surface area contributed by atoms with Gasteiger partial charge in [0, 0.05) is 25.0 Å². The van der Waals surface area contributed by atoms with Crippen molar-refractivity contribution < 1.29 is 31.1 Å². The number of piperidine rings is 1. The van der Waals surface area contributed by atoms with Crippen LogP contribution in [-0.4, -0.2) is 64.8 Å². The summed E-state index contributed by atoms with van der Waals surface area (Å²) in [6, 6.07) is -0.218. The molecule has 14 heteroatoms. The van der Waals surface area contributed by atoms with Gasteiger partial charge in [0.2, 0.25) is 16.0 Å². The molecule has 0 aromatic carbocycles. The monoisotopic (exact) mass is 483 g/mol. The van der Waals surface area contributed by atoms with E-state index in [1.807, 2.05) is 0 Å². The fourth-order valence-electron chi connectivity index (χ4n) is 3.09. The normalized spacial score (nSPS) is 17.6. The van der Waals surface area contributed by atoms with E-state index in [1.165, 1.54) is 11.2 Å². The third-order valence-corrected chi connectivity index (χ3v) is 7.42. The van der Waals surface area contributed by atoms with Gasteiger partial charge in [-0.25, -0.2) is 32.1 Å². The zero-order valence-electron chi connectivity index (χ0n) is 16.6. The van der Waals surface area contributed by atoms with Crippen LogP contribution in [0.2, 0.25) is 0 Å². The molecule has 1 unspecified atom stereocenters. The summed E-state index contributed by atoms with van der Waals surface area (Å²) in [5, 5.41) is 12.2. The Morgan fingerprint density at radius 3 is 2.52 bits per heavy atom. The minimum absolute atomic E-state index is 0.0190. The SMILES string of the molecule is CC(CO)c1nc(C(F)(F)F)c(-c2nc(NC3CCN(S(C)(=O)=O)CC3)ncc2F)s1.